The number of aryl methyl sites for hydroxylation is 1. The van der Waals surface area contributed by atoms with Gasteiger partial charge in [-0.3, -0.25) is 4.98 Å². The molecular weight excluding hydrogens is 276 g/mol. The smallest absolute Gasteiger partial charge is 0.339 e. The minimum absolute atomic E-state index is 0.185. The summed E-state index contributed by atoms with van der Waals surface area (Å²) in [6.45, 7) is 2.36. The van der Waals surface area contributed by atoms with Crippen LogP contribution in [0.4, 0.5) is 5.69 Å². The van der Waals surface area contributed by atoms with E-state index in [2.05, 4.69) is 4.98 Å². The number of pyridine rings is 1. The van der Waals surface area contributed by atoms with Crippen LogP contribution < -0.4 is 4.90 Å². The van der Waals surface area contributed by atoms with E-state index in [0.717, 1.165) is 11.3 Å². The molecule has 0 aliphatic carbocycles. The van der Waals surface area contributed by atoms with Crippen molar-refractivity contribution >= 4 is 23.3 Å². The van der Waals surface area contributed by atoms with Crippen molar-refractivity contribution in [3.05, 3.63) is 58.4 Å². The average Bonchev–Trinajstić information content (AvgIpc) is 2.40. The van der Waals surface area contributed by atoms with E-state index in [1.54, 1.807) is 6.07 Å². The largest absolute Gasteiger partial charge is 0.478 e. The Kier molecular flexibility index (Phi) is 4.25. The summed E-state index contributed by atoms with van der Waals surface area (Å²) >= 11 is 6.13. The van der Waals surface area contributed by atoms with Crippen LogP contribution in [0.15, 0.2) is 36.5 Å². The van der Waals surface area contributed by atoms with Gasteiger partial charge in [0.25, 0.3) is 0 Å². The number of aromatic nitrogens is 1. The molecule has 20 heavy (non-hydrogen) atoms. The zero-order valence-electron chi connectivity index (χ0n) is 11.3. The number of nitrogens with zero attached hydrogens (tertiary/aromatic N) is 2. The lowest BCUT2D eigenvalue weighted by Crippen LogP contribution is -2.20. The maximum absolute atomic E-state index is 11.3. The maximum atomic E-state index is 11.3. The summed E-state index contributed by atoms with van der Waals surface area (Å²) in [7, 11) is 1.84. The molecule has 2 aromatic rings. The van der Waals surface area contributed by atoms with Gasteiger partial charge in [0.15, 0.2) is 0 Å². The average molecular weight is 291 g/mol. The quantitative estimate of drug-likeness (QED) is 0.938. The van der Waals surface area contributed by atoms with Gasteiger partial charge in [0.2, 0.25) is 0 Å². The van der Waals surface area contributed by atoms with Crippen molar-refractivity contribution in [2.75, 3.05) is 11.9 Å². The van der Waals surface area contributed by atoms with Crippen LogP contribution in [0.25, 0.3) is 0 Å². The first-order valence-electron chi connectivity index (χ1n) is 6.13. The third kappa shape index (κ3) is 3.08. The first-order valence-corrected chi connectivity index (χ1v) is 6.51. The molecule has 0 saturated heterocycles. The highest BCUT2D eigenvalue weighted by atomic mass is 35.5. The fourth-order valence-electron chi connectivity index (χ4n) is 1.99. The van der Waals surface area contributed by atoms with Crippen molar-refractivity contribution in [3.63, 3.8) is 0 Å². The Morgan fingerprint density at radius 3 is 2.75 bits per heavy atom. The zero-order chi connectivity index (χ0) is 14.7. The molecule has 1 N–H and O–H groups in total. The number of carboxylic acid groups (broad SMARTS) is 1. The third-order valence-corrected chi connectivity index (χ3v) is 3.39. The highest BCUT2D eigenvalue weighted by molar-refractivity contribution is 6.31. The van der Waals surface area contributed by atoms with Gasteiger partial charge in [0, 0.05) is 30.5 Å². The Balaban J connectivity index is 2.34. The van der Waals surface area contributed by atoms with Gasteiger partial charge in [-0.1, -0.05) is 29.8 Å². The minimum Gasteiger partial charge on any atom is -0.478 e. The Hall–Kier alpha value is -2.07. The van der Waals surface area contributed by atoms with Crippen molar-refractivity contribution in [1.82, 2.24) is 4.98 Å². The minimum atomic E-state index is -0.987. The highest BCUT2D eigenvalue weighted by Crippen LogP contribution is 2.24. The Bertz CT molecular complexity index is 644. The number of carboxylic acids is 1. The lowest BCUT2D eigenvalue weighted by molar-refractivity contribution is 0.0697. The summed E-state index contributed by atoms with van der Waals surface area (Å²) in [6.07, 6.45) is 1.39. The lowest BCUT2D eigenvalue weighted by atomic mass is 10.1. The van der Waals surface area contributed by atoms with Gasteiger partial charge in [-0.2, -0.15) is 0 Å². The van der Waals surface area contributed by atoms with Crippen molar-refractivity contribution in [3.8, 4) is 0 Å². The number of rotatable bonds is 4. The van der Waals surface area contributed by atoms with Gasteiger partial charge in [-0.05, 0) is 24.6 Å². The molecule has 0 unspecified atom stereocenters. The van der Waals surface area contributed by atoms with Crippen LogP contribution in [0.3, 0.4) is 0 Å². The molecule has 0 saturated carbocycles. The molecule has 1 aromatic heterocycles. The molecule has 0 aliphatic rings. The van der Waals surface area contributed by atoms with E-state index >= 15 is 0 Å². The molecule has 0 atom stereocenters. The van der Waals surface area contributed by atoms with Crippen molar-refractivity contribution in [1.29, 1.82) is 0 Å². The van der Waals surface area contributed by atoms with Crippen LogP contribution in [0, 0.1) is 6.92 Å². The number of aromatic carboxylic acids is 1. The Morgan fingerprint density at radius 1 is 1.40 bits per heavy atom. The van der Waals surface area contributed by atoms with Crippen LogP contribution in [0.1, 0.15) is 21.6 Å². The summed E-state index contributed by atoms with van der Waals surface area (Å²) < 4.78 is 0. The number of carbonyl (C=O) groups is 1. The third-order valence-electron chi connectivity index (χ3n) is 3.03. The molecule has 104 valence electrons. The molecule has 0 aliphatic heterocycles. The molecule has 4 nitrogen and oxygen atoms in total. The SMILES string of the molecule is Cc1cc(N(C)Cc2ccccc2Cl)c(C(=O)O)cn1. The van der Waals surface area contributed by atoms with Crippen molar-refractivity contribution < 1.29 is 9.90 Å². The van der Waals surface area contributed by atoms with E-state index in [4.69, 9.17) is 11.6 Å². The molecule has 0 fully saturated rings. The first kappa shape index (κ1) is 14.3. The maximum Gasteiger partial charge on any atom is 0.339 e. The van der Waals surface area contributed by atoms with E-state index in [1.165, 1.54) is 6.20 Å². The molecule has 0 radical (unpaired) electrons. The predicted molar refractivity (Wildman–Crippen MR) is 79.5 cm³/mol. The van der Waals surface area contributed by atoms with Gasteiger partial charge >= 0.3 is 5.97 Å². The number of anilines is 1. The van der Waals surface area contributed by atoms with Gasteiger partial charge in [0.05, 0.1) is 5.69 Å². The molecule has 0 amide bonds. The Labute approximate surface area is 122 Å². The van der Waals surface area contributed by atoms with E-state index in [9.17, 15) is 9.90 Å². The van der Waals surface area contributed by atoms with E-state index in [1.807, 2.05) is 43.1 Å². The lowest BCUT2D eigenvalue weighted by Gasteiger charge is -2.22. The predicted octanol–water partition coefficient (Wildman–Crippen LogP) is 3.38. The molecule has 1 aromatic carbocycles. The summed E-state index contributed by atoms with van der Waals surface area (Å²) in [5.41, 5.74) is 2.54. The van der Waals surface area contributed by atoms with Crippen molar-refractivity contribution in [2.45, 2.75) is 13.5 Å². The second-order valence-corrected chi connectivity index (χ2v) is 5.00. The van der Waals surface area contributed by atoms with Gasteiger partial charge in [-0.25, -0.2) is 4.79 Å². The van der Waals surface area contributed by atoms with Gasteiger partial charge < -0.3 is 10.0 Å². The highest BCUT2D eigenvalue weighted by Gasteiger charge is 2.15. The summed E-state index contributed by atoms with van der Waals surface area (Å²) in [5, 5.41) is 9.90. The van der Waals surface area contributed by atoms with E-state index in [0.29, 0.717) is 17.3 Å². The fourth-order valence-corrected chi connectivity index (χ4v) is 2.19. The molecule has 0 bridgehead atoms. The number of hydrogen-bond donors (Lipinski definition) is 1. The van der Waals surface area contributed by atoms with Gasteiger partial charge in [0.1, 0.15) is 5.56 Å². The molecule has 1 heterocycles. The standard InChI is InChI=1S/C15H15ClN2O2/c1-10-7-14(12(8-17-10)15(19)20)18(2)9-11-5-3-4-6-13(11)16/h3-8H,9H2,1-2H3,(H,19,20). The summed E-state index contributed by atoms with van der Waals surface area (Å²) in [4.78, 5) is 17.2. The molecule has 5 heteroatoms. The fraction of sp³-hybridized carbons (Fsp3) is 0.200. The number of halogens is 1. The van der Waals surface area contributed by atoms with E-state index in [-0.39, 0.29) is 5.56 Å². The molecule has 0 spiro atoms. The zero-order valence-corrected chi connectivity index (χ0v) is 12.1. The summed E-state index contributed by atoms with van der Waals surface area (Å²) in [5.74, 6) is -0.987. The summed E-state index contributed by atoms with van der Waals surface area (Å²) in [6, 6.07) is 9.28. The topological polar surface area (TPSA) is 53.4 Å². The number of hydrogen-bond acceptors (Lipinski definition) is 3. The Morgan fingerprint density at radius 2 is 2.10 bits per heavy atom. The molecular formula is C15H15ClN2O2. The van der Waals surface area contributed by atoms with Crippen LogP contribution in [0.2, 0.25) is 5.02 Å². The van der Waals surface area contributed by atoms with Crippen LogP contribution >= 0.6 is 11.6 Å². The van der Waals surface area contributed by atoms with Crippen molar-refractivity contribution in [2.24, 2.45) is 0 Å². The normalized spacial score (nSPS) is 10.3. The van der Waals surface area contributed by atoms with Crippen LogP contribution in [-0.2, 0) is 6.54 Å². The second kappa shape index (κ2) is 5.92. The van der Waals surface area contributed by atoms with E-state index < -0.39 is 5.97 Å². The monoisotopic (exact) mass is 290 g/mol. The molecule has 2 rings (SSSR count). The first-order chi connectivity index (χ1) is 9.49. The second-order valence-electron chi connectivity index (χ2n) is 4.60. The van der Waals surface area contributed by atoms with Crippen LogP contribution in [-0.4, -0.2) is 23.1 Å². The van der Waals surface area contributed by atoms with Gasteiger partial charge in [-0.15, -0.1) is 0 Å². The number of benzene rings is 1. The van der Waals surface area contributed by atoms with Crippen LogP contribution in [0.5, 0.6) is 0 Å².